The van der Waals surface area contributed by atoms with E-state index in [2.05, 4.69) is 25.4 Å². The molecule has 0 aromatic carbocycles. The number of hydrogen-bond donors (Lipinski definition) is 1. The first kappa shape index (κ1) is 15.0. The zero-order valence-corrected chi connectivity index (χ0v) is 12.9. The Kier molecular flexibility index (Phi) is 4.46. The third-order valence-corrected chi connectivity index (χ3v) is 3.08. The Morgan fingerprint density at radius 1 is 1.26 bits per heavy atom. The molecule has 0 saturated heterocycles. The highest BCUT2D eigenvalue weighted by Crippen LogP contribution is 2.17. The van der Waals surface area contributed by atoms with Gasteiger partial charge in [0.05, 0.1) is 18.3 Å². The molecule has 7 nitrogen and oxygen atoms in total. The summed E-state index contributed by atoms with van der Waals surface area (Å²) in [7, 11) is 0. The van der Waals surface area contributed by atoms with Crippen LogP contribution >= 0.6 is 0 Å². The normalized spacial score (nSPS) is 11.9. The molecule has 23 heavy (non-hydrogen) atoms. The van der Waals surface area contributed by atoms with Crippen LogP contribution in [0.15, 0.2) is 47.4 Å². The van der Waals surface area contributed by atoms with Gasteiger partial charge in [0.15, 0.2) is 5.82 Å². The van der Waals surface area contributed by atoms with Gasteiger partial charge in [0.1, 0.15) is 17.7 Å². The fourth-order valence-electron chi connectivity index (χ4n) is 1.98. The van der Waals surface area contributed by atoms with Gasteiger partial charge in [0, 0.05) is 12.4 Å². The van der Waals surface area contributed by atoms with E-state index >= 15 is 0 Å². The van der Waals surface area contributed by atoms with Gasteiger partial charge in [0.25, 0.3) is 5.89 Å². The van der Waals surface area contributed by atoms with Gasteiger partial charge in [-0.05, 0) is 38.1 Å². The van der Waals surface area contributed by atoms with Crippen LogP contribution in [0.25, 0.3) is 11.5 Å². The van der Waals surface area contributed by atoms with Crippen molar-refractivity contribution in [3.63, 3.8) is 0 Å². The molecule has 3 aromatic rings. The SMILES string of the molecule is Cc1noc(-c2ccc(NC[C@H](C)Oc3cccnc3)nc2)n1. The highest BCUT2D eigenvalue weighted by atomic mass is 16.5. The van der Waals surface area contributed by atoms with Crippen LogP contribution in [0.4, 0.5) is 5.82 Å². The summed E-state index contributed by atoms with van der Waals surface area (Å²) >= 11 is 0. The third-order valence-electron chi connectivity index (χ3n) is 3.08. The Labute approximate surface area is 133 Å². The molecule has 0 amide bonds. The Hall–Kier alpha value is -2.96. The molecule has 0 aliphatic carbocycles. The molecule has 3 aromatic heterocycles. The number of aromatic nitrogens is 4. The largest absolute Gasteiger partial charge is 0.487 e. The van der Waals surface area contributed by atoms with Crippen molar-refractivity contribution in [2.24, 2.45) is 0 Å². The van der Waals surface area contributed by atoms with Gasteiger partial charge in [0.2, 0.25) is 0 Å². The maximum Gasteiger partial charge on any atom is 0.259 e. The van der Waals surface area contributed by atoms with Gasteiger partial charge in [-0.3, -0.25) is 4.98 Å². The lowest BCUT2D eigenvalue weighted by atomic mass is 10.3. The predicted octanol–water partition coefficient (Wildman–Crippen LogP) is 2.71. The lowest BCUT2D eigenvalue weighted by molar-refractivity contribution is 0.234. The Morgan fingerprint density at radius 2 is 2.17 bits per heavy atom. The molecular formula is C16H17N5O2. The first-order valence-corrected chi connectivity index (χ1v) is 7.28. The first-order valence-electron chi connectivity index (χ1n) is 7.28. The Morgan fingerprint density at radius 3 is 2.83 bits per heavy atom. The number of nitrogens with zero attached hydrogens (tertiary/aromatic N) is 4. The zero-order chi connectivity index (χ0) is 16.1. The fourth-order valence-corrected chi connectivity index (χ4v) is 1.98. The van der Waals surface area contributed by atoms with E-state index in [-0.39, 0.29) is 6.10 Å². The van der Waals surface area contributed by atoms with E-state index in [0.29, 0.717) is 18.3 Å². The molecule has 0 fully saturated rings. The Bertz CT molecular complexity index is 743. The molecule has 118 valence electrons. The summed E-state index contributed by atoms with van der Waals surface area (Å²) < 4.78 is 10.9. The van der Waals surface area contributed by atoms with E-state index in [0.717, 1.165) is 17.1 Å². The third kappa shape index (κ3) is 4.03. The standard InChI is InChI=1S/C16H17N5O2/c1-11(22-14-4-3-7-17-10-14)8-18-15-6-5-13(9-19-15)16-20-12(2)21-23-16/h3-7,9-11H,8H2,1-2H3,(H,18,19)/t11-/m0/s1. The molecule has 1 atom stereocenters. The Balaban J connectivity index is 1.54. The van der Waals surface area contributed by atoms with E-state index in [1.807, 2.05) is 31.2 Å². The van der Waals surface area contributed by atoms with Crippen LogP contribution in [0.1, 0.15) is 12.7 Å². The molecule has 0 saturated carbocycles. The van der Waals surface area contributed by atoms with Crippen molar-refractivity contribution >= 4 is 5.82 Å². The van der Waals surface area contributed by atoms with Crippen LogP contribution in [0.3, 0.4) is 0 Å². The number of hydrogen-bond acceptors (Lipinski definition) is 7. The van der Waals surface area contributed by atoms with Gasteiger partial charge in [-0.2, -0.15) is 4.98 Å². The summed E-state index contributed by atoms with van der Waals surface area (Å²) in [4.78, 5) is 12.5. The minimum atomic E-state index is -0.0146. The monoisotopic (exact) mass is 311 g/mol. The summed E-state index contributed by atoms with van der Waals surface area (Å²) in [6, 6.07) is 7.47. The van der Waals surface area contributed by atoms with Crippen molar-refractivity contribution < 1.29 is 9.26 Å². The lowest BCUT2D eigenvalue weighted by Gasteiger charge is -2.15. The first-order chi connectivity index (χ1) is 11.2. The van der Waals surface area contributed by atoms with Gasteiger partial charge in [-0.15, -0.1) is 0 Å². The van der Waals surface area contributed by atoms with Gasteiger partial charge >= 0.3 is 0 Å². The average Bonchev–Trinajstić information content (AvgIpc) is 3.01. The van der Waals surface area contributed by atoms with Crippen molar-refractivity contribution in [1.82, 2.24) is 20.1 Å². The molecule has 0 bridgehead atoms. The van der Waals surface area contributed by atoms with Crippen molar-refractivity contribution in [2.75, 3.05) is 11.9 Å². The number of ether oxygens (including phenoxy) is 1. The second-order valence-electron chi connectivity index (χ2n) is 5.08. The van der Waals surface area contributed by atoms with Crippen LogP contribution in [-0.2, 0) is 0 Å². The van der Waals surface area contributed by atoms with Crippen LogP contribution in [0.5, 0.6) is 5.75 Å². The van der Waals surface area contributed by atoms with E-state index < -0.39 is 0 Å². The molecular weight excluding hydrogens is 294 g/mol. The van der Waals surface area contributed by atoms with Gasteiger partial charge < -0.3 is 14.6 Å². The van der Waals surface area contributed by atoms with E-state index in [9.17, 15) is 0 Å². The number of anilines is 1. The minimum Gasteiger partial charge on any atom is -0.487 e. The van der Waals surface area contributed by atoms with Crippen LogP contribution in [-0.4, -0.2) is 32.8 Å². The smallest absolute Gasteiger partial charge is 0.259 e. The molecule has 0 radical (unpaired) electrons. The van der Waals surface area contributed by atoms with Crippen LogP contribution in [0.2, 0.25) is 0 Å². The zero-order valence-electron chi connectivity index (χ0n) is 12.9. The van der Waals surface area contributed by atoms with Crippen molar-refractivity contribution in [3.05, 3.63) is 48.7 Å². The summed E-state index contributed by atoms with van der Waals surface area (Å²) in [5, 5.41) is 6.99. The van der Waals surface area contributed by atoms with Crippen LogP contribution in [0, 0.1) is 6.92 Å². The molecule has 0 spiro atoms. The van der Waals surface area contributed by atoms with E-state index in [1.165, 1.54) is 0 Å². The summed E-state index contributed by atoms with van der Waals surface area (Å²) in [5.74, 6) is 2.57. The van der Waals surface area contributed by atoms with E-state index in [1.54, 1.807) is 25.5 Å². The molecule has 1 N–H and O–H groups in total. The molecule has 3 rings (SSSR count). The van der Waals surface area contributed by atoms with Crippen molar-refractivity contribution in [2.45, 2.75) is 20.0 Å². The second-order valence-corrected chi connectivity index (χ2v) is 5.08. The highest BCUT2D eigenvalue weighted by molar-refractivity contribution is 5.54. The number of aryl methyl sites for hydroxylation is 1. The molecule has 7 heteroatoms. The highest BCUT2D eigenvalue weighted by Gasteiger charge is 2.08. The maximum atomic E-state index is 5.75. The topological polar surface area (TPSA) is 86.0 Å². The summed E-state index contributed by atoms with van der Waals surface area (Å²) in [5.41, 5.74) is 0.788. The summed E-state index contributed by atoms with van der Waals surface area (Å²) in [6.45, 7) is 4.39. The van der Waals surface area contributed by atoms with Gasteiger partial charge in [-0.1, -0.05) is 5.16 Å². The predicted molar refractivity (Wildman–Crippen MR) is 85.1 cm³/mol. The minimum absolute atomic E-state index is 0.0146. The lowest BCUT2D eigenvalue weighted by Crippen LogP contribution is -2.23. The molecule has 3 heterocycles. The van der Waals surface area contributed by atoms with Crippen molar-refractivity contribution in [1.29, 1.82) is 0 Å². The average molecular weight is 311 g/mol. The van der Waals surface area contributed by atoms with Crippen molar-refractivity contribution in [3.8, 4) is 17.2 Å². The fraction of sp³-hybridized carbons (Fsp3) is 0.250. The molecule has 0 aliphatic heterocycles. The van der Waals surface area contributed by atoms with E-state index in [4.69, 9.17) is 9.26 Å². The van der Waals surface area contributed by atoms with Gasteiger partial charge in [-0.25, -0.2) is 4.98 Å². The molecule has 0 aliphatic rings. The molecule has 0 unspecified atom stereocenters. The summed E-state index contributed by atoms with van der Waals surface area (Å²) in [6.07, 6.45) is 5.09. The second kappa shape index (κ2) is 6.87. The number of rotatable bonds is 6. The number of nitrogens with one attached hydrogen (secondary N) is 1. The quantitative estimate of drug-likeness (QED) is 0.749. The number of pyridine rings is 2. The van der Waals surface area contributed by atoms with Crippen LogP contribution < -0.4 is 10.1 Å². The maximum absolute atomic E-state index is 5.75.